The Labute approximate surface area is 188 Å². The lowest BCUT2D eigenvalue weighted by Crippen LogP contribution is -2.26. The topological polar surface area (TPSA) is 59.8 Å². The number of aromatic nitrogens is 3. The van der Waals surface area contributed by atoms with E-state index in [9.17, 15) is 4.79 Å². The molecule has 0 aliphatic heterocycles. The molecule has 5 nitrogen and oxygen atoms in total. The number of thiazole rings is 1. The molecule has 0 atom stereocenters. The summed E-state index contributed by atoms with van der Waals surface area (Å²) in [7, 11) is 0. The average molecular weight is 457 g/mol. The number of thiophene rings is 1. The maximum absolute atomic E-state index is 12.2. The van der Waals surface area contributed by atoms with E-state index >= 15 is 0 Å². The first kappa shape index (κ1) is 20.8. The Balaban J connectivity index is 1.24. The van der Waals surface area contributed by atoms with Crippen LogP contribution in [0.25, 0.3) is 15.6 Å². The summed E-state index contributed by atoms with van der Waals surface area (Å²) in [5.41, 5.74) is 4.06. The zero-order chi connectivity index (χ0) is 20.9. The van der Waals surface area contributed by atoms with Gasteiger partial charge in [0.15, 0.2) is 0 Å². The van der Waals surface area contributed by atoms with Gasteiger partial charge in [-0.2, -0.15) is 5.10 Å². The number of rotatable bonds is 8. The lowest BCUT2D eigenvalue weighted by atomic mass is 10.1. The van der Waals surface area contributed by atoms with E-state index in [1.54, 1.807) is 0 Å². The van der Waals surface area contributed by atoms with Gasteiger partial charge >= 0.3 is 0 Å². The molecule has 0 radical (unpaired) electrons. The van der Waals surface area contributed by atoms with Crippen LogP contribution in [0.2, 0.25) is 4.34 Å². The standard InChI is InChI=1S/C22H21ClN4OS2/c1-15-16(13-27(26-15)18-7-3-2-4-8-18)6-5-11-24-21(28)12-17-14-29-22(25-17)19-9-10-20(23)30-19/h2-4,7-10,13-14H,5-6,11-12H2,1H3,(H,24,28). The van der Waals surface area contributed by atoms with Crippen molar-refractivity contribution in [3.05, 3.63) is 75.3 Å². The third-order valence-electron chi connectivity index (χ3n) is 4.64. The molecule has 1 aromatic carbocycles. The quantitative estimate of drug-likeness (QED) is 0.365. The zero-order valence-electron chi connectivity index (χ0n) is 16.5. The third kappa shape index (κ3) is 5.16. The van der Waals surface area contributed by atoms with E-state index in [2.05, 4.69) is 21.6 Å². The number of benzene rings is 1. The van der Waals surface area contributed by atoms with Gasteiger partial charge in [-0.25, -0.2) is 9.67 Å². The second kappa shape index (κ2) is 9.55. The van der Waals surface area contributed by atoms with Crippen LogP contribution < -0.4 is 5.32 Å². The molecule has 0 spiro atoms. The van der Waals surface area contributed by atoms with Gasteiger partial charge in [0.2, 0.25) is 5.91 Å². The fraction of sp³-hybridized carbons (Fsp3) is 0.227. The van der Waals surface area contributed by atoms with Gasteiger partial charge in [0.1, 0.15) is 5.01 Å². The molecule has 0 aliphatic rings. The van der Waals surface area contributed by atoms with Gasteiger partial charge in [-0.3, -0.25) is 4.79 Å². The van der Waals surface area contributed by atoms with Crippen molar-refractivity contribution in [2.75, 3.05) is 6.54 Å². The molecule has 0 aliphatic carbocycles. The molecule has 3 aromatic heterocycles. The number of amides is 1. The van der Waals surface area contributed by atoms with Gasteiger partial charge in [0.25, 0.3) is 0 Å². The summed E-state index contributed by atoms with van der Waals surface area (Å²) in [6.07, 6.45) is 4.10. The van der Waals surface area contributed by atoms with Crippen LogP contribution in [0, 0.1) is 6.92 Å². The predicted molar refractivity (Wildman–Crippen MR) is 124 cm³/mol. The Hall–Kier alpha value is -2.48. The molecule has 0 fully saturated rings. The second-order valence-corrected chi connectivity index (χ2v) is 9.47. The molecule has 30 heavy (non-hydrogen) atoms. The van der Waals surface area contributed by atoms with Gasteiger partial charge in [0.05, 0.1) is 32.7 Å². The Morgan fingerprint density at radius 2 is 2.03 bits per heavy atom. The van der Waals surface area contributed by atoms with Crippen molar-refractivity contribution in [2.24, 2.45) is 0 Å². The zero-order valence-corrected chi connectivity index (χ0v) is 18.9. The summed E-state index contributed by atoms with van der Waals surface area (Å²) in [5.74, 6) is -0.00670. The average Bonchev–Trinajstić information content (AvgIpc) is 3.46. The molecule has 8 heteroatoms. The van der Waals surface area contributed by atoms with Crippen LogP contribution in [0.1, 0.15) is 23.4 Å². The number of hydrogen-bond acceptors (Lipinski definition) is 5. The van der Waals surface area contributed by atoms with E-state index in [-0.39, 0.29) is 5.91 Å². The van der Waals surface area contributed by atoms with E-state index in [0.717, 1.165) is 44.1 Å². The van der Waals surface area contributed by atoms with E-state index in [4.69, 9.17) is 11.6 Å². The number of nitrogens with one attached hydrogen (secondary N) is 1. The summed E-state index contributed by atoms with van der Waals surface area (Å²) in [4.78, 5) is 17.8. The number of carbonyl (C=O) groups excluding carboxylic acids is 1. The first-order valence-corrected chi connectivity index (χ1v) is 11.7. The molecule has 154 valence electrons. The molecule has 4 rings (SSSR count). The molecule has 0 bridgehead atoms. The third-order valence-corrected chi connectivity index (χ3v) is 6.94. The maximum Gasteiger partial charge on any atom is 0.226 e. The molecule has 0 unspecified atom stereocenters. The van der Waals surface area contributed by atoms with Crippen molar-refractivity contribution < 1.29 is 4.79 Å². The van der Waals surface area contributed by atoms with Gasteiger partial charge < -0.3 is 5.32 Å². The van der Waals surface area contributed by atoms with E-state index < -0.39 is 0 Å². The van der Waals surface area contributed by atoms with Gasteiger partial charge in [0, 0.05) is 18.1 Å². The Morgan fingerprint density at radius 1 is 1.20 bits per heavy atom. The van der Waals surface area contributed by atoms with Crippen LogP contribution in [-0.4, -0.2) is 27.2 Å². The van der Waals surface area contributed by atoms with E-state index in [1.807, 2.05) is 59.5 Å². The summed E-state index contributed by atoms with van der Waals surface area (Å²) < 4.78 is 2.65. The van der Waals surface area contributed by atoms with Crippen LogP contribution in [-0.2, 0) is 17.6 Å². The number of carbonyl (C=O) groups is 1. The van der Waals surface area contributed by atoms with E-state index in [1.165, 1.54) is 28.2 Å². The molecular weight excluding hydrogens is 436 g/mol. The van der Waals surface area contributed by atoms with Crippen LogP contribution in [0.5, 0.6) is 0 Å². The molecule has 0 saturated heterocycles. The van der Waals surface area contributed by atoms with Crippen molar-refractivity contribution in [1.82, 2.24) is 20.1 Å². The highest BCUT2D eigenvalue weighted by molar-refractivity contribution is 7.23. The Morgan fingerprint density at radius 3 is 2.80 bits per heavy atom. The van der Waals surface area contributed by atoms with Crippen molar-refractivity contribution in [3.8, 4) is 15.6 Å². The summed E-state index contributed by atoms with van der Waals surface area (Å²) in [5, 5.41) is 10.4. The lowest BCUT2D eigenvalue weighted by Gasteiger charge is -2.04. The fourth-order valence-electron chi connectivity index (χ4n) is 3.12. The first-order chi connectivity index (χ1) is 14.6. The molecular formula is C22H21ClN4OS2. The normalized spacial score (nSPS) is 11.0. The van der Waals surface area contributed by atoms with Crippen molar-refractivity contribution in [2.45, 2.75) is 26.2 Å². The highest BCUT2D eigenvalue weighted by atomic mass is 35.5. The number of aryl methyl sites for hydroxylation is 2. The van der Waals surface area contributed by atoms with Crippen molar-refractivity contribution in [3.63, 3.8) is 0 Å². The highest BCUT2D eigenvalue weighted by Crippen LogP contribution is 2.32. The SMILES string of the molecule is Cc1nn(-c2ccccc2)cc1CCCNC(=O)Cc1csc(-c2ccc(Cl)s2)n1. The van der Waals surface area contributed by atoms with Crippen molar-refractivity contribution in [1.29, 1.82) is 0 Å². The van der Waals surface area contributed by atoms with Crippen LogP contribution in [0.15, 0.2) is 54.0 Å². The Kier molecular flexibility index (Phi) is 6.62. The van der Waals surface area contributed by atoms with Crippen LogP contribution in [0.4, 0.5) is 0 Å². The molecule has 3 heterocycles. The number of halogens is 1. The summed E-state index contributed by atoms with van der Waals surface area (Å²) in [6, 6.07) is 13.9. The summed E-state index contributed by atoms with van der Waals surface area (Å²) in [6.45, 7) is 2.65. The van der Waals surface area contributed by atoms with Crippen LogP contribution in [0.3, 0.4) is 0 Å². The minimum Gasteiger partial charge on any atom is -0.356 e. The fourth-order valence-corrected chi connectivity index (χ4v) is 5.05. The largest absolute Gasteiger partial charge is 0.356 e. The minimum absolute atomic E-state index is 0.00670. The molecule has 1 N–H and O–H groups in total. The molecule has 0 saturated carbocycles. The predicted octanol–water partition coefficient (Wildman–Crippen LogP) is 5.31. The number of para-hydroxylation sites is 1. The second-order valence-electron chi connectivity index (χ2n) is 6.90. The molecule has 1 amide bonds. The first-order valence-electron chi connectivity index (χ1n) is 9.66. The Bertz CT molecular complexity index is 1130. The van der Waals surface area contributed by atoms with Gasteiger partial charge in [-0.15, -0.1) is 22.7 Å². The van der Waals surface area contributed by atoms with Gasteiger partial charge in [-0.05, 0) is 49.6 Å². The molecule has 4 aromatic rings. The lowest BCUT2D eigenvalue weighted by molar-refractivity contribution is -0.120. The van der Waals surface area contributed by atoms with E-state index in [0.29, 0.717) is 13.0 Å². The smallest absolute Gasteiger partial charge is 0.226 e. The number of nitrogens with zero attached hydrogens (tertiary/aromatic N) is 3. The van der Waals surface area contributed by atoms with Crippen molar-refractivity contribution >= 4 is 40.2 Å². The summed E-state index contributed by atoms with van der Waals surface area (Å²) >= 11 is 9.02. The van der Waals surface area contributed by atoms with Crippen LogP contribution >= 0.6 is 34.3 Å². The van der Waals surface area contributed by atoms with Gasteiger partial charge in [-0.1, -0.05) is 29.8 Å². The monoisotopic (exact) mass is 456 g/mol. The number of hydrogen-bond donors (Lipinski definition) is 1. The maximum atomic E-state index is 12.2. The minimum atomic E-state index is -0.00670. The highest BCUT2D eigenvalue weighted by Gasteiger charge is 2.11.